The lowest BCUT2D eigenvalue weighted by atomic mass is 9.81. The van der Waals surface area contributed by atoms with E-state index in [2.05, 4.69) is 28.2 Å². The molecule has 4 rings (SSSR count). The molecule has 0 aliphatic carbocycles. The molecule has 0 radical (unpaired) electrons. The van der Waals surface area contributed by atoms with E-state index in [1.807, 2.05) is 36.1 Å². The molecule has 2 aliphatic heterocycles. The quantitative estimate of drug-likeness (QED) is 0.932. The van der Waals surface area contributed by atoms with Crippen LogP contribution in [0, 0.1) is 0 Å². The van der Waals surface area contributed by atoms with Gasteiger partial charge in [-0.05, 0) is 24.5 Å². The van der Waals surface area contributed by atoms with E-state index in [0.717, 1.165) is 38.9 Å². The fourth-order valence-electron chi connectivity index (χ4n) is 4.26. The van der Waals surface area contributed by atoms with Crippen molar-refractivity contribution in [1.29, 1.82) is 0 Å². The van der Waals surface area contributed by atoms with Crippen molar-refractivity contribution in [2.45, 2.75) is 50.0 Å². The third-order valence-electron chi connectivity index (χ3n) is 5.73. The van der Waals surface area contributed by atoms with Gasteiger partial charge in [0.15, 0.2) is 0 Å². The lowest BCUT2D eigenvalue weighted by molar-refractivity contribution is -0.184. The number of aromatic nitrogens is 2. The molecule has 2 saturated heterocycles. The van der Waals surface area contributed by atoms with E-state index in [0.29, 0.717) is 6.42 Å². The zero-order chi connectivity index (χ0) is 17.3. The molecule has 1 aromatic heterocycles. The predicted molar refractivity (Wildman–Crippen MR) is 96.0 cm³/mol. The molecule has 5 heteroatoms. The summed E-state index contributed by atoms with van der Waals surface area (Å²) in [6, 6.07) is 12.4. The fourth-order valence-corrected chi connectivity index (χ4v) is 4.26. The van der Waals surface area contributed by atoms with Crippen molar-refractivity contribution in [2.75, 3.05) is 13.1 Å². The third-order valence-corrected chi connectivity index (χ3v) is 5.73. The molecule has 0 bridgehead atoms. The smallest absolute Gasteiger partial charge is 0.0857 e. The van der Waals surface area contributed by atoms with Crippen LogP contribution >= 0.6 is 0 Å². The third kappa shape index (κ3) is 3.64. The number of aliphatic hydroxyl groups excluding tert-OH is 1. The maximum atomic E-state index is 10.5. The van der Waals surface area contributed by atoms with Crippen LogP contribution < -0.4 is 0 Å². The average molecular weight is 341 g/mol. The zero-order valence-electron chi connectivity index (χ0n) is 14.8. The van der Waals surface area contributed by atoms with E-state index >= 15 is 0 Å². The Morgan fingerprint density at radius 2 is 1.96 bits per heavy atom. The second kappa shape index (κ2) is 6.90. The summed E-state index contributed by atoms with van der Waals surface area (Å²) in [5.41, 5.74) is 2.24. The molecule has 0 saturated carbocycles. The Labute approximate surface area is 149 Å². The van der Waals surface area contributed by atoms with Crippen LogP contribution in [-0.4, -0.2) is 44.6 Å². The first-order valence-corrected chi connectivity index (χ1v) is 9.24. The van der Waals surface area contributed by atoms with Crippen LogP contribution in [0.4, 0.5) is 0 Å². The van der Waals surface area contributed by atoms with Gasteiger partial charge in [0, 0.05) is 45.7 Å². The van der Waals surface area contributed by atoms with E-state index in [4.69, 9.17) is 4.74 Å². The summed E-state index contributed by atoms with van der Waals surface area (Å²) in [6.45, 7) is 2.93. The van der Waals surface area contributed by atoms with Gasteiger partial charge < -0.3 is 9.84 Å². The van der Waals surface area contributed by atoms with E-state index in [1.54, 1.807) is 0 Å². The largest absolute Gasteiger partial charge is 0.393 e. The van der Waals surface area contributed by atoms with Crippen molar-refractivity contribution in [1.82, 2.24) is 14.7 Å². The Kier molecular flexibility index (Phi) is 4.63. The summed E-state index contributed by atoms with van der Waals surface area (Å²) in [7, 11) is 1.99. The molecule has 2 atom stereocenters. The van der Waals surface area contributed by atoms with Gasteiger partial charge in [0.25, 0.3) is 0 Å². The number of ether oxygens (including phenoxy) is 1. The predicted octanol–water partition coefficient (Wildman–Crippen LogP) is 2.67. The van der Waals surface area contributed by atoms with Gasteiger partial charge in [-0.1, -0.05) is 30.3 Å². The molecular weight excluding hydrogens is 314 g/mol. The highest BCUT2D eigenvalue weighted by atomic mass is 16.5. The molecule has 1 spiro atoms. The number of aliphatic hydroxyl groups is 1. The minimum atomic E-state index is -0.275. The van der Waals surface area contributed by atoms with Crippen LogP contribution in [0.15, 0.2) is 42.6 Å². The molecule has 1 aromatic carbocycles. The van der Waals surface area contributed by atoms with Gasteiger partial charge in [0.1, 0.15) is 0 Å². The molecule has 3 heterocycles. The van der Waals surface area contributed by atoms with Crippen LogP contribution in [0.2, 0.25) is 0 Å². The maximum absolute atomic E-state index is 10.5. The van der Waals surface area contributed by atoms with Gasteiger partial charge in [-0.25, -0.2) is 0 Å². The van der Waals surface area contributed by atoms with E-state index < -0.39 is 0 Å². The molecule has 134 valence electrons. The molecule has 2 fully saturated rings. The van der Waals surface area contributed by atoms with Crippen LogP contribution in [-0.2, 0) is 18.3 Å². The van der Waals surface area contributed by atoms with Crippen molar-refractivity contribution in [3.05, 3.63) is 53.9 Å². The van der Waals surface area contributed by atoms with Gasteiger partial charge in [0.05, 0.1) is 23.5 Å². The number of hydrogen-bond acceptors (Lipinski definition) is 4. The lowest BCUT2D eigenvalue weighted by Crippen LogP contribution is -2.50. The highest BCUT2D eigenvalue weighted by molar-refractivity contribution is 5.19. The number of piperidine rings is 1. The number of rotatable bonds is 3. The minimum Gasteiger partial charge on any atom is -0.393 e. The normalized spacial score (nSPS) is 26.8. The Bertz CT molecular complexity index is 692. The molecule has 2 aromatic rings. The Balaban J connectivity index is 1.41. The fraction of sp³-hybridized carbons (Fsp3) is 0.550. The Morgan fingerprint density at radius 1 is 1.20 bits per heavy atom. The monoisotopic (exact) mass is 341 g/mol. The van der Waals surface area contributed by atoms with Crippen molar-refractivity contribution < 1.29 is 9.84 Å². The summed E-state index contributed by atoms with van der Waals surface area (Å²) in [5, 5.41) is 14.7. The molecule has 1 N–H and O–H groups in total. The molecule has 0 amide bonds. The van der Waals surface area contributed by atoms with Gasteiger partial charge >= 0.3 is 0 Å². The topological polar surface area (TPSA) is 50.5 Å². The van der Waals surface area contributed by atoms with Crippen molar-refractivity contribution in [2.24, 2.45) is 7.05 Å². The van der Waals surface area contributed by atoms with Gasteiger partial charge in [-0.3, -0.25) is 9.58 Å². The summed E-state index contributed by atoms with van der Waals surface area (Å²) < 4.78 is 8.52. The molecule has 25 heavy (non-hydrogen) atoms. The molecule has 0 unspecified atom stereocenters. The zero-order valence-corrected chi connectivity index (χ0v) is 14.8. The van der Waals surface area contributed by atoms with Gasteiger partial charge in [0.2, 0.25) is 0 Å². The van der Waals surface area contributed by atoms with Gasteiger partial charge in [-0.2, -0.15) is 5.10 Å². The number of hydrogen-bond donors (Lipinski definition) is 1. The molecule has 5 nitrogen and oxygen atoms in total. The average Bonchev–Trinajstić information content (AvgIpc) is 3.02. The lowest BCUT2D eigenvalue weighted by Gasteiger charge is -2.48. The van der Waals surface area contributed by atoms with Crippen molar-refractivity contribution >= 4 is 0 Å². The number of likely N-dealkylation sites (tertiary alicyclic amines) is 1. The maximum Gasteiger partial charge on any atom is 0.0857 e. The SMILES string of the molecule is Cn1nccc1CN1CCC2(CC1)C[C@H](O)C[C@H](c1ccccc1)O2. The van der Waals surface area contributed by atoms with Crippen LogP contribution in [0.1, 0.15) is 43.0 Å². The molecular formula is C20H27N3O2. The van der Waals surface area contributed by atoms with E-state index in [1.165, 1.54) is 11.3 Å². The Morgan fingerprint density at radius 3 is 2.64 bits per heavy atom. The highest BCUT2D eigenvalue weighted by Crippen LogP contribution is 2.43. The van der Waals surface area contributed by atoms with Crippen LogP contribution in [0.5, 0.6) is 0 Å². The standard InChI is InChI=1S/C20H27N3O2/c1-22-17(7-10-21-22)15-23-11-8-20(9-12-23)14-18(24)13-19(25-20)16-5-3-2-4-6-16/h2-7,10,18-19,24H,8-9,11-15H2,1H3/t18-,19-/m1/s1. The minimum absolute atomic E-state index is 0.00794. The number of aryl methyl sites for hydroxylation is 1. The van der Waals surface area contributed by atoms with Crippen molar-refractivity contribution in [3.8, 4) is 0 Å². The summed E-state index contributed by atoms with van der Waals surface area (Å²) in [5.74, 6) is 0. The molecule has 2 aliphatic rings. The number of benzene rings is 1. The van der Waals surface area contributed by atoms with Gasteiger partial charge in [-0.15, -0.1) is 0 Å². The Hall–Kier alpha value is -1.69. The summed E-state index contributed by atoms with van der Waals surface area (Å²) in [6.07, 6.45) is 5.00. The first-order chi connectivity index (χ1) is 12.1. The van der Waals surface area contributed by atoms with Crippen LogP contribution in [0.25, 0.3) is 0 Å². The van der Waals surface area contributed by atoms with E-state index in [9.17, 15) is 5.11 Å². The van der Waals surface area contributed by atoms with Crippen LogP contribution in [0.3, 0.4) is 0 Å². The summed E-state index contributed by atoms with van der Waals surface area (Å²) in [4.78, 5) is 2.46. The first kappa shape index (κ1) is 16.8. The number of nitrogens with zero attached hydrogens (tertiary/aromatic N) is 3. The first-order valence-electron chi connectivity index (χ1n) is 9.24. The second-order valence-electron chi connectivity index (χ2n) is 7.52. The summed E-state index contributed by atoms with van der Waals surface area (Å²) >= 11 is 0. The highest BCUT2D eigenvalue weighted by Gasteiger charge is 2.43. The van der Waals surface area contributed by atoms with Crippen molar-refractivity contribution in [3.63, 3.8) is 0 Å². The van der Waals surface area contributed by atoms with E-state index in [-0.39, 0.29) is 17.8 Å². The second-order valence-corrected chi connectivity index (χ2v) is 7.52.